The highest BCUT2D eigenvalue weighted by Crippen LogP contribution is 2.23. The zero-order valence-corrected chi connectivity index (χ0v) is 14.8. The molecule has 3 rings (SSSR count). The Morgan fingerprint density at radius 1 is 1.08 bits per heavy atom. The molecule has 0 amide bonds. The van der Waals surface area contributed by atoms with Crippen molar-refractivity contribution in [3.05, 3.63) is 70.9 Å². The fourth-order valence-corrected chi connectivity index (χ4v) is 2.57. The molecule has 0 aliphatic rings. The first-order valence-electron chi connectivity index (χ1n) is 7.87. The van der Waals surface area contributed by atoms with Crippen LogP contribution in [-0.4, -0.2) is 17.1 Å². The summed E-state index contributed by atoms with van der Waals surface area (Å²) < 4.78 is 5.16. The second-order valence-corrected chi connectivity index (χ2v) is 5.99. The molecule has 0 bridgehead atoms. The average molecular weight is 355 g/mol. The minimum absolute atomic E-state index is 0.562. The Hall–Kier alpha value is -2.79. The number of hydrogen-bond donors (Lipinski definition) is 2. The molecule has 0 aliphatic heterocycles. The van der Waals surface area contributed by atoms with Crippen LogP contribution in [0.1, 0.15) is 11.1 Å². The maximum Gasteiger partial charge on any atom is 0.224 e. The van der Waals surface area contributed by atoms with E-state index >= 15 is 0 Å². The molecule has 5 nitrogen and oxygen atoms in total. The standard InChI is InChI=1S/C19H19ClN4O/c1-13-11-15(20)5-8-17(13)23-18-9-10-21-19(24-18)22-12-14-3-6-16(25-2)7-4-14/h3-11H,12H2,1-2H3,(H2,21,22,23,24). The Labute approximate surface area is 152 Å². The van der Waals surface area contributed by atoms with Crippen molar-refractivity contribution >= 4 is 29.1 Å². The molecule has 2 N–H and O–H groups in total. The van der Waals surface area contributed by atoms with E-state index in [2.05, 4.69) is 20.6 Å². The average Bonchev–Trinajstić information content (AvgIpc) is 2.63. The van der Waals surface area contributed by atoms with Crippen molar-refractivity contribution in [1.29, 1.82) is 0 Å². The molecular formula is C19H19ClN4O. The van der Waals surface area contributed by atoms with Gasteiger partial charge in [-0.2, -0.15) is 4.98 Å². The van der Waals surface area contributed by atoms with Gasteiger partial charge in [-0.05, 0) is 54.4 Å². The number of aryl methyl sites for hydroxylation is 1. The van der Waals surface area contributed by atoms with Gasteiger partial charge in [-0.15, -0.1) is 0 Å². The summed E-state index contributed by atoms with van der Waals surface area (Å²) in [7, 11) is 1.65. The lowest BCUT2D eigenvalue weighted by Gasteiger charge is -2.11. The van der Waals surface area contributed by atoms with Gasteiger partial charge in [0.05, 0.1) is 7.11 Å². The highest BCUT2D eigenvalue weighted by molar-refractivity contribution is 6.30. The first-order valence-corrected chi connectivity index (χ1v) is 8.25. The summed E-state index contributed by atoms with van der Waals surface area (Å²) in [5.74, 6) is 2.12. The molecule has 0 saturated heterocycles. The van der Waals surface area contributed by atoms with E-state index in [0.29, 0.717) is 17.5 Å². The fraction of sp³-hybridized carbons (Fsp3) is 0.158. The second-order valence-electron chi connectivity index (χ2n) is 5.55. The van der Waals surface area contributed by atoms with E-state index in [-0.39, 0.29) is 0 Å². The van der Waals surface area contributed by atoms with Crippen LogP contribution in [0.5, 0.6) is 5.75 Å². The van der Waals surface area contributed by atoms with Gasteiger partial charge in [0.1, 0.15) is 11.6 Å². The van der Waals surface area contributed by atoms with E-state index in [4.69, 9.17) is 16.3 Å². The van der Waals surface area contributed by atoms with Crippen LogP contribution in [-0.2, 0) is 6.54 Å². The van der Waals surface area contributed by atoms with Crippen LogP contribution in [0.2, 0.25) is 5.02 Å². The summed E-state index contributed by atoms with van der Waals surface area (Å²) in [6, 6.07) is 15.4. The number of nitrogens with zero attached hydrogens (tertiary/aromatic N) is 2. The number of nitrogens with one attached hydrogen (secondary N) is 2. The lowest BCUT2D eigenvalue weighted by atomic mass is 10.2. The van der Waals surface area contributed by atoms with Gasteiger partial charge in [-0.1, -0.05) is 23.7 Å². The SMILES string of the molecule is COc1ccc(CNc2nccc(Nc3ccc(Cl)cc3C)n2)cc1. The Morgan fingerprint density at radius 3 is 2.60 bits per heavy atom. The number of rotatable bonds is 6. The monoisotopic (exact) mass is 354 g/mol. The van der Waals surface area contributed by atoms with Crippen LogP contribution >= 0.6 is 11.6 Å². The van der Waals surface area contributed by atoms with Crippen LogP contribution in [0.15, 0.2) is 54.7 Å². The summed E-state index contributed by atoms with van der Waals surface area (Å²) >= 11 is 5.99. The van der Waals surface area contributed by atoms with Gasteiger partial charge in [0.2, 0.25) is 5.95 Å². The first kappa shape index (κ1) is 17.0. The Morgan fingerprint density at radius 2 is 1.88 bits per heavy atom. The van der Waals surface area contributed by atoms with Gasteiger partial charge in [0.15, 0.2) is 0 Å². The lowest BCUT2D eigenvalue weighted by Crippen LogP contribution is -2.05. The normalized spacial score (nSPS) is 10.4. The second kappa shape index (κ2) is 7.85. The van der Waals surface area contributed by atoms with Crippen LogP contribution in [0.25, 0.3) is 0 Å². The van der Waals surface area contributed by atoms with Crippen LogP contribution in [0, 0.1) is 6.92 Å². The molecule has 3 aromatic rings. The molecule has 2 aromatic carbocycles. The maximum absolute atomic E-state index is 5.99. The largest absolute Gasteiger partial charge is 0.497 e. The molecule has 1 heterocycles. The van der Waals surface area contributed by atoms with Crippen LogP contribution < -0.4 is 15.4 Å². The minimum atomic E-state index is 0.562. The molecule has 25 heavy (non-hydrogen) atoms. The smallest absolute Gasteiger partial charge is 0.224 e. The van der Waals surface area contributed by atoms with Gasteiger partial charge in [-0.3, -0.25) is 0 Å². The van der Waals surface area contributed by atoms with Gasteiger partial charge < -0.3 is 15.4 Å². The fourth-order valence-electron chi connectivity index (χ4n) is 2.34. The highest BCUT2D eigenvalue weighted by Gasteiger charge is 2.03. The van der Waals surface area contributed by atoms with E-state index in [1.807, 2.05) is 55.5 Å². The zero-order chi connectivity index (χ0) is 17.6. The highest BCUT2D eigenvalue weighted by atomic mass is 35.5. The molecule has 0 atom stereocenters. The number of hydrogen-bond acceptors (Lipinski definition) is 5. The molecule has 0 fully saturated rings. The number of methoxy groups -OCH3 is 1. The van der Waals surface area contributed by atoms with Crippen molar-refractivity contribution in [1.82, 2.24) is 9.97 Å². The van der Waals surface area contributed by atoms with Gasteiger partial charge in [0.25, 0.3) is 0 Å². The predicted octanol–water partition coefficient (Wildman–Crippen LogP) is 4.80. The molecule has 6 heteroatoms. The lowest BCUT2D eigenvalue weighted by molar-refractivity contribution is 0.414. The molecule has 0 unspecified atom stereocenters. The van der Waals surface area contributed by atoms with Crippen LogP contribution in [0.4, 0.5) is 17.5 Å². The molecule has 0 radical (unpaired) electrons. The molecule has 0 spiro atoms. The first-order chi connectivity index (χ1) is 12.1. The Bertz CT molecular complexity index is 852. The third-order valence-electron chi connectivity index (χ3n) is 3.72. The molecule has 128 valence electrons. The third-order valence-corrected chi connectivity index (χ3v) is 3.95. The molecular weight excluding hydrogens is 336 g/mol. The van der Waals surface area contributed by atoms with Crippen molar-refractivity contribution in [2.45, 2.75) is 13.5 Å². The number of benzene rings is 2. The van der Waals surface area contributed by atoms with Crippen molar-refractivity contribution in [2.75, 3.05) is 17.7 Å². The zero-order valence-electron chi connectivity index (χ0n) is 14.1. The van der Waals surface area contributed by atoms with Crippen molar-refractivity contribution in [3.63, 3.8) is 0 Å². The van der Waals surface area contributed by atoms with E-state index in [0.717, 1.165) is 28.4 Å². The Kier molecular flexibility index (Phi) is 5.36. The molecule has 1 aromatic heterocycles. The predicted molar refractivity (Wildman–Crippen MR) is 102 cm³/mol. The minimum Gasteiger partial charge on any atom is -0.497 e. The Balaban J connectivity index is 1.66. The summed E-state index contributed by atoms with van der Waals surface area (Å²) in [5, 5.41) is 7.23. The van der Waals surface area contributed by atoms with E-state index in [1.165, 1.54) is 0 Å². The summed E-state index contributed by atoms with van der Waals surface area (Å²) in [5.41, 5.74) is 3.14. The summed E-state index contributed by atoms with van der Waals surface area (Å²) in [4.78, 5) is 8.75. The van der Waals surface area contributed by atoms with Crippen LogP contribution in [0.3, 0.4) is 0 Å². The van der Waals surface area contributed by atoms with E-state index < -0.39 is 0 Å². The van der Waals surface area contributed by atoms with Gasteiger partial charge in [0, 0.05) is 23.5 Å². The number of aromatic nitrogens is 2. The topological polar surface area (TPSA) is 59.1 Å². The van der Waals surface area contributed by atoms with Crippen molar-refractivity contribution in [3.8, 4) is 5.75 Å². The summed E-state index contributed by atoms with van der Waals surface area (Å²) in [6.45, 7) is 2.63. The molecule has 0 aliphatic carbocycles. The van der Waals surface area contributed by atoms with E-state index in [9.17, 15) is 0 Å². The third kappa shape index (κ3) is 4.61. The number of halogens is 1. The number of ether oxygens (including phenoxy) is 1. The summed E-state index contributed by atoms with van der Waals surface area (Å²) in [6.07, 6.45) is 1.72. The quantitative estimate of drug-likeness (QED) is 0.665. The molecule has 0 saturated carbocycles. The van der Waals surface area contributed by atoms with E-state index in [1.54, 1.807) is 13.3 Å². The van der Waals surface area contributed by atoms with Gasteiger partial charge in [-0.25, -0.2) is 4.98 Å². The van der Waals surface area contributed by atoms with Crippen molar-refractivity contribution in [2.24, 2.45) is 0 Å². The van der Waals surface area contributed by atoms with Crippen molar-refractivity contribution < 1.29 is 4.74 Å². The van der Waals surface area contributed by atoms with Gasteiger partial charge >= 0.3 is 0 Å². The maximum atomic E-state index is 5.99. The number of anilines is 3.